The number of ether oxygens (including phenoxy) is 1. The smallest absolute Gasteiger partial charge is 0.223 e. The van der Waals surface area contributed by atoms with Gasteiger partial charge in [-0.25, -0.2) is 19.3 Å². The summed E-state index contributed by atoms with van der Waals surface area (Å²) in [6, 6.07) is 24.3. The van der Waals surface area contributed by atoms with Crippen molar-refractivity contribution >= 4 is 56.3 Å². The summed E-state index contributed by atoms with van der Waals surface area (Å²) < 4.78 is 9.44. The summed E-state index contributed by atoms with van der Waals surface area (Å²) in [5.41, 5.74) is 14.1. The Morgan fingerprint density at radius 2 is 1.13 bits per heavy atom. The van der Waals surface area contributed by atoms with Gasteiger partial charge in [-0.1, -0.05) is 48.7 Å². The van der Waals surface area contributed by atoms with Gasteiger partial charge in [0.15, 0.2) is 10.3 Å². The molecular formula is C52H54N12O4S2. The number of rotatable bonds is 9. The van der Waals surface area contributed by atoms with Gasteiger partial charge in [-0.3, -0.25) is 29.3 Å². The van der Waals surface area contributed by atoms with E-state index >= 15 is 0 Å². The molecule has 1 aliphatic heterocycles. The molecule has 3 aliphatic rings. The molecule has 0 bridgehead atoms. The first kappa shape index (κ1) is 47.8. The first-order chi connectivity index (χ1) is 34.1. The zero-order valence-electron chi connectivity index (χ0n) is 40.0. The third-order valence-electron chi connectivity index (χ3n) is 12.1. The molecule has 11 rings (SSSR count). The fraction of sp³-hybridized carbons (Fsp3) is 0.288. The number of pyridine rings is 2. The number of fused-ring (bicyclic) bond motifs is 6. The molecule has 1 fully saturated rings. The quantitative estimate of drug-likeness (QED) is 0.141. The van der Waals surface area contributed by atoms with Gasteiger partial charge >= 0.3 is 0 Å². The molecule has 3 amide bonds. The molecule has 70 heavy (non-hydrogen) atoms. The van der Waals surface area contributed by atoms with Gasteiger partial charge < -0.3 is 20.3 Å². The number of carbonyl (C=O) groups excluding carboxylic acids is 3. The second-order valence-electron chi connectivity index (χ2n) is 16.8. The number of amides is 3. The molecule has 0 atom stereocenters. The predicted octanol–water partition coefficient (Wildman–Crippen LogP) is 9.07. The number of carbonyl (C=O) groups is 3. The van der Waals surface area contributed by atoms with Crippen LogP contribution >= 0.6 is 22.7 Å². The van der Waals surface area contributed by atoms with Gasteiger partial charge in [0.05, 0.1) is 68.5 Å². The van der Waals surface area contributed by atoms with Crippen LogP contribution in [0.5, 0.6) is 0 Å². The lowest BCUT2D eigenvalue weighted by Gasteiger charge is -2.26. The minimum absolute atomic E-state index is 0.0297. The van der Waals surface area contributed by atoms with Crippen molar-refractivity contribution in [2.45, 2.75) is 66.8 Å². The van der Waals surface area contributed by atoms with Crippen LogP contribution in [0.3, 0.4) is 0 Å². The van der Waals surface area contributed by atoms with E-state index in [1.165, 1.54) is 54.6 Å². The van der Waals surface area contributed by atoms with Crippen LogP contribution in [0.25, 0.3) is 55.0 Å². The fourth-order valence-electron chi connectivity index (χ4n) is 8.75. The number of thiazole rings is 2. The van der Waals surface area contributed by atoms with Gasteiger partial charge in [-0.05, 0) is 91.9 Å². The summed E-state index contributed by atoms with van der Waals surface area (Å²) >= 11 is 2.98. The average molecular weight is 975 g/mol. The highest BCUT2D eigenvalue weighted by atomic mass is 32.1. The molecule has 0 unspecified atom stereocenters. The molecule has 6 aromatic heterocycles. The van der Waals surface area contributed by atoms with E-state index in [0.29, 0.717) is 10.3 Å². The van der Waals surface area contributed by atoms with Crippen molar-refractivity contribution in [2.75, 3.05) is 48.9 Å². The maximum absolute atomic E-state index is 11.7. The molecule has 2 aromatic carbocycles. The Hall–Kier alpha value is -7.25. The van der Waals surface area contributed by atoms with Crippen LogP contribution < -0.4 is 15.5 Å². The molecular weight excluding hydrogens is 921 g/mol. The van der Waals surface area contributed by atoms with Crippen molar-refractivity contribution in [1.29, 1.82) is 0 Å². The maximum Gasteiger partial charge on any atom is 0.223 e. The fourth-order valence-corrected chi connectivity index (χ4v) is 11.0. The van der Waals surface area contributed by atoms with E-state index in [2.05, 4.69) is 60.8 Å². The van der Waals surface area contributed by atoms with E-state index in [1.54, 1.807) is 24.3 Å². The summed E-state index contributed by atoms with van der Waals surface area (Å²) in [6.45, 7) is 13.0. The standard InChI is InChI=1S/C26H26N6O2S.C24H22N6O2S.C2H6/c1-17(33)28-26-29-22-9-8-21-23(19-3-2-10-27-15-19)30-32(24(21)25(22)35-26)20-6-4-18(5-7-20)16-31-11-13-34-14-12-31;1-14(31)26-24-27-20-11-10-19-21(16-5-4-12-25-13-16)28-30(22(19)23(20)33-24)18-8-6-17(7-9-18)29(3)15(2)32;1-2/h2-7,10,15H,8-9,11-14,16H2,1H3,(H,28,29,33);4-9,12-13H,10-11H2,1-3H3,(H,26,27,31);1-2H3. The number of aryl methyl sites for hydroxylation is 2. The zero-order chi connectivity index (χ0) is 48.9. The van der Waals surface area contributed by atoms with E-state index in [1.807, 2.05) is 78.1 Å². The third-order valence-corrected chi connectivity index (χ3v) is 14.1. The summed E-state index contributed by atoms with van der Waals surface area (Å²) in [5, 5.41) is 17.0. The highest BCUT2D eigenvalue weighted by molar-refractivity contribution is 7.19. The number of anilines is 3. The molecule has 8 aromatic rings. The monoisotopic (exact) mass is 974 g/mol. The lowest BCUT2D eigenvalue weighted by Crippen LogP contribution is -2.35. The maximum atomic E-state index is 11.7. The van der Waals surface area contributed by atoms with Crippen LogP contribution in [0, 0.1) is 0 Å². The molecule has 2 N–H and O–H groups in total. The zero-order valence-corrected chi connectivity index (χ0v) is 41.7. The Morgan fingerprint density at radius 1 is 0.657 bits per heavy atom. The Labute approximate surface area is 414 Å². The molecule has 358 valence electrons. The molecule has 2 aliphatic carbocycles. The average Bonchev–Trinajstić information content (AvgIpc) is 4.18. The van der Waals surface area contributed by atoms with Gasteiger partial charge in [0.2, 0.25) is 17.7 Å². The van der Waals surface area contributed by atoms with Crippen molar-refractivity contribution in [3.05, 3.63) is 126 Å². The normalized spacial score (nSPS) is 13.5. The van der Waals surface area contributed by atoms with Crippen molar-refractivity contribution in [2.24, 2.45) is 0 Å². The van der Waals surface area contributed by atoms with Gasteiger partial charge in [-0.15, -0.1) is 0 Å². The number of benzene rings is 2. The number of nitrogens with one attached hydrogen (secondary N) is 2. The van der Waals surface area contributed by atoms with Crippen LogP contribution in [0.15, 0.2) is 97.6 Å². The van der Waals surface area contributed by atoms with Crippen molar-refractivity contribution in [3.8, 4) is 55.0 Å². The summed E-state index contributed by atoms with van der Waals surface area (Å²) in [5.74, 6) is -0.286. The van der Waals surface area contributed by atoms with E-state index in [-0.39, 0.29) is 17.7 Å². The number of aromatic nitrogens is 8. The van der Waals surface area contributed by atoms with Crippen LogP contribution in [-0.4, -0.2) is 95.5 Å². The summed E-state index contributed by atoms with van der Waals surface area (Å²) in [7, 11) is 1.75. The second-order valence-corrected chi connectivity index (χ2v) is 18.8. The largest absolute Gasteiger partial charge is 0.379 e. The number of hydrogen-bond acceptors (Lipinski definition) is 13. The van der Waals surface area contributed by atoms with Gasteiger partial charge in [-0.2, -0.15) is 10.2 Å². The van der Waals surface area contributed by atoms with Crippen molar-refractivity contribution in [3.63, 3.8) is 0 Å². The van der Waals surface area contributed by atoms with E-state index in [9.17, 15) is 14.4 Å². The van der Waals surface area contributed by atoms with Crippen molar-refractivity contribution in [1.82, 2.24) is 44.4 Å². The highest BCUT2D eigenvalue weighted by Gasteiger charge is 2.32. The minimum atomic E-state index is -0.143. The molecule has 1 saturated heterocycles. The van der Waals surface area contributed by atoms with Gasteiger partial charge in [0.1, 0.15) is 0 Å². The lowest BCUT2D eigenvalue weighted by atomic mass is 9.95. The Bertz CT molecular complexity index is 3140. The van der Waals surface area contributed by atoms with Crippen molar-refractivity contribution < 1.29 is 19.1 Å². The highest BCUT2D eigenvalue weighted by Crippen LogP contribution is 2.46. The second kappa shape index (κ2) is 21.2. The van der Waals surface area contributed by atoms with Crippen LogP contribution in [0.4, 0.5) is 16.0 Å². The lowest BCUT2D eigenvalue weighted by molar-refractivity contribution is -0.116. The van der Waals surface area contributed by atoms with Crippen LogP contribution in [-0.2, 0) is 51.3 Å². The molecule has 0 radical (unpaired) electrons. The molecule has 18 heteroatoms. The van der Waals surface area contributed by atoms with Crippen LogP contribution in [0.2, 0.25) is 0 Å². The molecule has 0 saturated carbocycles. The van der Waals surface area contributed by atoms with E-state index in [0.717, 1.165) is 136 Å². The SMILES string of the molecule is CC.CC(=O)Nc1nc2c(s1)-c1c(c(-c3cccnc3)nn1-c1ccc(CN3CCOCC3)cc1)CC2.CC(=O)Nc1nc2c(s1)-c1c(c(-c3cccnc3)nn1-c1ccc(N(C)C(C)=O)cc1)CC2. The Kier molecular flexibility index (Phi) is 14.5. The van der Waals surface area contributed by atoms with Gasteiger partial charge in [0.25, 0.3) is 0 Å². The molecule has 7 heterocycles. The number of morpholine rings is 1. The van der Waals surface area contributed by atoms with Gasteiger partial charge in [0, 0.05) is 100 Å². The van der Waals surface area contributed by atoms with Crippen LogP contribution in [0.1, 0.15) is 62.7 Å². The third kappa shape index (κ3) is 10.1. The topological polar surface area (TPSA) is 178 Å². The first-order valence-electron chi connectivity index (χ1n) is 23.4. The Balaban J connectivity index is 0.000000168. The number of nitrogens with zero attached hydrogens (tertiary/aromatic N) is 10. The summed E-state index contributed by atoms with van der Waals surface area (Å²) in [4.78, 5) is 59.0. The first-order valence-corrected chi connectivity index (χ1v) is 25.0. The minimum Gasteiger partial charge on any atom is -0.379 e. The molecule has 16 nitrogen and oxygen atoms in total. The number of hydrogen-bond donors (Lipinski definition) is 2. The Morgan fingerprint density at radius 3 is 1.56 bits per heavy atom. The van der Waals surface area contributed by atoms with E-state index < -0.39 is 0 Å². The molecule has 0 spiro atoms. The summed E-state index contributed by atoms with van der Waals surface area (Å²) in [6.07, 6.45) is 10.4. The van der Waals surface area contributed by atoms with E-state index in [4.69, 9.17) is 19.9 Å². The predicted molar refractivity (Wildman–Crippen MR) is 276 cm³/mol.